The average Bonchev–Trinajstić information content (AvgIpc) is 2.71. The third-order valence-electron chi connectivity index (χ3n) is 6.29. The summed E-state index contributed by atoms with van der Waals surface area (Å²) in [4.78, 5) is 36.2. The lowest BCUT2D eigenvalue weighted by molar-refractivity contribution is -0.142. The lowest BCUT2D eigenvalue weighted by Crippen LogP contribution is -2.48. The predicted octanol–water partition coefficient (Wildman–Crippen LogP) is 1.81. The minimum atomic E-state index is -4.61. The van der Waals surface area contributed by atoms with Crippen LogP contribution in [-0.4, -0.2) is 63.4 Å². The molecule has 4 heterocycles. The van der Waals surface area contributed by atoms with Gasteiger partial charge in [0.1, 0.15) is 11.9 Å². The number of rotatable bonds is 6. The quantitative estimate of drug-likeness (QED) is 0.685. The molecule has 1 aromatic heterocycles. The van der Waals surface area contributed by atoms with Gasteiger partial charge in [-0.05, 0) is 24.8 Å². The van der Waals surface area contributed by atoms with Crippen LogP contribution in [0.5, 0.6) is 0 Å². The van der Waals surface area contributed by atoms with Crippen LogP contribution in [0.3, 0.4) is 0 Å². The zero-order valence-electron chi connectivity index (χ0n) is 18.5. The van der Waals surface area contributed by atoms with Gasteiger partial charge in [-0.3, -0.25) is 9.59 Å². The zero-order valence-corrected chi connectivity index (χ0v) is 18.5. The van der Waals surface area contributed by atoms with Gasteiger partial charge in [-0.2, -0.15) is 13.2 Å². The fraction of sp³-hybridized carbons (Fsp3) is 0.636. The first kappa shape index (κ1) is 23.5. The number of hydrogen-bond donors (Lipinski definition) is 1. The topological polar surface area (TPSA) is 102 Å². The minimum Gasteiger partial charge on any atom is -0.494 e. The van der Waals surface area contributed by atoms with Gasteiger partial charge in [-0.1, -0.05) is 6.92 Å². The summed E-state index contributed by atoms with van der Waals surface area (Å²) in [6, 6.07) is -0.539. The third-order valence-corrected chi connectivity index (χ3v) is 6.29. The second-order valence-electron chi connectivity index (χ2n) is 9.09. The first-order valence-electron chi connectivity index (χ1n) is 11.2. The predicted molar refractivity (Wildman–Crippen MR) is 111 cm³/mol. The Hall–Kier alpha value is -2.69. The van der Waals surface area contributed by atoms with Crippen LogP contribution in [0.25, 0.3) is 0 Å². The highest BCUT2D eigenvalue weighted by atomic mass is 19.4. The largest absolute Gasteiger partial charge is 0.494 e. The van der Waals surface area contributed by atoms with Crippen LogP contribution < -0.4 is 5.73 Å². The van der Waals surface area contributed by atoms with E-state index >= 15 is 0 Å². The van der Waals surface area contributed by atoms with E-state index in [1.165, 1.54) is 11.2 Å². The average molecular weight is 467 g/mol. The minimum absolute atomic E-state index is 0.0122. The van der Waals surface area contributed by atoms with Gasteiger partial charge in [0.15, 0.2) is 5.69 Å². The number of carbonyl (C=O) groups excluding carboxylic acids is 2. The first-order chi connectivity index (χ1) is 15.6. The van der Waals surface area contributed by atoms with Crippen molar-refractivity contribution in [3.63, 3.8) is 0 Å². The smallest absolute Gasteiger partial charge is 0.433 e. The molecule has 8 nitrogen and oxygen atoms in total. The van der Waals surface area contributed by atoms with E-state index in [9.17, 15) is 22.8 Å². The number of hydrogen-bond acceptors (Lipinski definition) is 6. The molecule has 2 N–H and O–H groups in total. The monoisotopic (exact) mass is 467 g/mol. The van der Waals surface area contributed by atoms with Crippen LogP contribution in [0.1, 0.15) is 49.0 Å². The number of aromatic nitrogens is 2. The number of ether oxygens (including phenoxy) is 1. The molecule has 3 aliphatic heterocycles. The van der Waals surface area contributed by atoms with E-state index in [1.54, 1.807) is 11.0 Å². The molecule has 33 heavy (non-hydrogen) atoms. The third kappa shape index (κ3) is 5.45. The van der Waals surface area contributed by atoms with Crippen molar-refractivity contribution in [2.45, 2.75) is 63.9 Å². The molecule has 0 aromatic carbocycles. The molecule has 1 aromatic rings. The first-order valence-corrected chi connectivity index (χ1v) is 11.2. The Morgan fingerprint density at radius 3 is 2.76 bits per heavy atom. The number of piperidine rings is 1. The SMILES string of the molecule is C[C@@H]1CCC(=O)N(C[C@@H](N)CC(=O)N2CCc3c(nc(CC4C=CO4)nc3C(F)(F)F)C2)C1. The summed E-state index contributed by atoms with van der Waals surface area (Å²) in [6.07, 6.45) is -0.260. The van der Waals surface area contributed by atoms with E-state index < -0.39 is 17.9 Å². The molecule has 4 rings (SSSR count). The molecule has 180 valence electrons. The fourth-order valence-electron chi connectivity index (χ4n) is 4.48. The Labute approximate surface area is 190 Å². The van der Waals surface area contributed by atoms with Gasteiger partial charge in [-0.15, -0.1) is 0 Å². The highest BCUT2D eigenvalue weighted by Gasteiger charge is 2.39. The summed E-state index contributed by atoms with van der Waals surface area (Å²) >= 11 is 0. The maximum absolute atomic E-state index is 13.6. The molecular formula is C22H28F3N5O3. The van der Waals surface area contributed by atoms with Crippen LogP contribution in [0.2, 0.25) is 0 Å². The van der Waals surface area contributed by atoms with Gasteiger partial charge in [-0.25, -0.2) is 9.97 Å². The summed E-state index contributed by atoms with van der Waals surface area (Å²) in [5.74, 6) is 0.211. The number of fused-ring (bicyclic) bond motifs is 1. The number of carbonyl (C=O) groups is 2. The number of nitrogens with two attached hydrogens (primary N) is 1. The Bertz CT molecular complexity index is 952. The second kappa shape index (κ2) is 9.28. The Kier molecular flexibility index (Phi) is 6.60. The van der Waals surface area contributed by atoms with Gasteiger partial charge < -0.3 is 20.3 Å². The zero-order chi connectivity index (χ0) is 23.8. The summed E-state index contributed by atoms with van der Waals surface area (Å²) in [5, 5.41) is 0. The van der Waals surface area contributed by atoms with Crippen molar-refractivity contribution in [1.29, 1.82) is 0 Å². The fourth-order valence-corrected chi connectivity index (χ4v) is 4.48. The lowest BCUT2D eigenvalue weighted by atomic mass is 9.98. The molecule has 3 atom stereocenters. The van der Waals surface area contributed by atoms with Crippen molar-refractivity contribution in [2.24, 2.45) is 11.7 Å². The van der Waals surface area contributed by atoms with Gasteiger partial charge >= 0.3 is 6.18 Å². The number of nitrogens with zero attached hydrogens (tertiary/aromatic N) is 4. The highest BCUT2D eigenvalue weighted by Crippen LogP contribution is 2.34. The van der Waals surface area contributed by atoms with Crippen molar-refractivity contribution >= 4 is 11.8 Å². The molecule has 0 spiro atoms. The maximum Gasteiger partial charge on any atom is 0.433 e. The van der Waals surface area contributed by atoms with Crippen LogP contribution in [-0.2, 0) is 39.9 Å². The van der Waals surface area contributed by atoms with Crippen molar-refractivity contribution < 1.29 is 27.5 Å². The number of alkyl halides is 3. The standard InChI is InChI=1S/C22H28F3N5O3/c1-13-2-3-19(31)30(10-13)11-14(26)8-20(32)29-6-4-16-17(12-29)27-18(9-15-5-7-33-15)28-21(16)22(23,24)25/h5,7,13-15H,2-4,6,8-12,26H2,1H3/t13-,14+,15?/m1/s1. The number of likely N-dealkylation sites (tertiary alicyclic amines) is 1. The van der Waals surface area contributed by atoms with E-state index in [0.29, 0.717) is 25.4 Å². The van der Waals surface area contributed by atoms with Gasteiger partial charge in [0.25, 0.3) is 0 Å². The number of amides is 2. The molecule has 0 saturated carbocycles. The van der Waals surface area contributed by atoms with Crippen molar-refractivity contribution in [3.8, 4) is 0 Å². The Balaban J connectivity index is 1.43. The molecule has 3 aliphatic rings. The van der Waals surface area contributed by atoms with E-state index in [-0.39, 0.29) is 67.4 Å². The second-order valence-corrected chi connectivity index (χ2v) is 9.09. The molecule has 1 unspecified atom stereocenters. The van der Waals surface area contributed by atoms with Crippen LogP contribution in [0.4, 0.5) is 13.2 Å². The van der Waals surface area contributed by atoms with E-state index in [2.05, 4.69) is 16.9 Å². The molecule has 2 amide bonds. The molecular weight excluding hydrogens is 439 g/mol. The summed E-state index contributed by atoms with van der Waals surface area (Å²) in [5.41, 5.74) is 5.47. The van der Waals surface area contributed by atoms with Crippen molar-refractivity contribution in [2.75, 3.05) is 19.6 Å². The molecule has 1 fully saturated rings. The highest BCUT2D eigenvalue weighted by molar-refractivity contribution is 5.78. The van der Waals surface area contributed by atoms with E-state index in [0.717, 1.165) is 6.42 Å². The van der Waals surface area contributed by atoms with Gasteiger partial charge in [0.2, 0.25) is 11.8 Å². The molecule has 1 saturated heterocycles. The van der Waals surface area contributed by atoms with Crippen LogP contribution in [0.15, 0.2) is 12.3 Å². The molecule has 0 radical (unpaired) electrons. The summed E-state index contributed by atoms with van der Waals surface area (Å²) < 4.78 is 46.0. The van der Waals surface area contributed by atoms with Gasteiger partial charge in [0.05, 0.1) is 18.5 Å². The normalized spacial score (nSPS) is 23.6. The Morgan fingerprint density at radius 1 is 1.33 bits per heavy atom. The lowest BCUT2D eigenvalue weighted by Gasteiger charge is -2.34. The molecule has 11 heteroatoms. The van der Waals surface area contributed by atoms with Crippen molar-refractivity contribution in [3.05, 3.63) is 35.1 Å². The molecule has 0 aliphatic carbocycles. The van der Waals surface area contributed by atoms with Crippen molar-refractivity contribution in [1.82, 2.24) is 19.8 Å². The van der Waals surface area contributed by atoms with Gasteiger partial charge in [0, 0.05) is 50.5 Å². The summed E-state index contributed by atoms with van der Waals surface area (Å²) in [7, 11) is 0. The van der Waals surface area contributed by atoms with E-state index in [1.807, 2.05) is 0 Å². The molecule has 0 bridgehead atoms. The van der Waals surface area contributed by atoms with E-state index in [4.69, 9.17) is 10.5 Å². The Morgan fingerprint density at radius 2 is 2.09 bits per heavy atom. The maximum atomic E-state index is 13.6. The summed E-state index contributed by atoms with van der Waals surface area (Å²) in [6.45, 7) is 3.09. The van der Waals surface area contributed by atoms with Crippen LogP contribution >= 0.6 is 0 Å². The van der Waals surface area contributed by atoms with Crippen LogP contribution in [0, 0.1) is 5.92 Å². The number of halogens is 3.